The number of rotatable bonds is 10. The number of alkyl halides is 1. The van der Waals surface area contributed by atoms with E-state index in [4.69, 9.17) is 49.0 Å². The standard InChI is InChI=1S/C20H21Cl3O6S/c1-3-8-27-20-18(22)9-17(10-19(20)23)30(25,26)16-6-4-14(5-7-16)28-12-15(11-21)29-13(2)24/h4-7,9-10,15H,3,8,11-12H2,1-2H3. The van der Waals surface area contributed by atoms with Crippen molar-refractivity contribution >= 4 is 50.6 Å². The Balaban J connectivity index is 2.18. The maximum absolute atomic E-state index is 12.9. The second-order valence-corrected chi connectivity index (χ2v) is 9.31. The van der Waals surface area contributed by atoms with E-state index in [1.807, 2.05) is 6.92 Å². The van der Waals surface area contributed by atoms with Gasteiger partial charge in [0.2, 0.25) is 9.84 Å². The van der Waals surface area contributed by atoms with Crippen molar-refractivity contribution in [3.8, 4) is 11.5 Å². The van der Waals surface area contributed by atoms with Crippen molar-refractivity contribution < 1.29 is 27.4 Å². The van der Waals surface area contributed by atoms with Gasteiger partial charge in [-0.2, -0.15) is 0 Å². The van der Waals surface area contributed by atoms with Crippen molar-refractivity contribution in [1.29, 1.82) is 0 Å². The Hall–Kier alpha value is -1.67. The molecule has 0 N–H and O–H groups in total. The van der Waals surface area contributed by atoms with E-state index in [1.54, 1.807) is 0 Å². The average molecular weight is 496 g/mol. The third-order valence-corrected chi connectivity index (χ3v) is 6.46. The van der Waals surface area contributed by atoms with Crippen LogP contribution in [0.1, 0.15) is 20.3 Å². The molecule has 0 saturated heterocycles. The van der Waals surface area contributed by atoms with E-state index in [-0.39, 0.29) is 38.1 Å². The van der Waals surface area contributed by atoms with Crippen molar-refractivity contribution in [3.63, 3.8) is 0 Å². The van der Waals surface area contributed by atoms with Crippen molar-refractivity contribution in [2.24, 2.45) is 0 Å². The zero-order valence-corrected chi connectivity index (χ0v) is 19.4. The molecule has 0 fully saturated rings. The lowest BCUT2D eigenvalue weighted by Crippen LogP contribution is -2.25. The highest BCUT2D eigenvalue weighted by atomic mass is 35.5. The smallest absolute Gasteiger partial charge is 0.303 e. The van der Waals surface area contributed by atoms with Crippen molar-refractivity contribution in [2.75, 3.05) is 19.1 Å². The van der Waals surface area contributed by atoms with Gasteiger partial charge in [-0.3, -0.25) is 4.79 Å². The minimum atomic E-state index is -3.86. The Morgan fingerprint density at radius 2 is 1.63 bits per heavy atom. The number of benzene rings is 2. The average Bonchev–Trinajstić information content (AvgIpc) is 2.70. The summed E-state index contributed by atoms with van der Waals surface area (Å²) in [6.45, 7) is 3.66. The van der Waals surface area contributed by atoms with E-state index in [9.17, 15) is 13.2 Å². The number of hydrogen-bond acceptors (Lipinski definition) is 6. The van der Waals surface area contributed by atoms with E-state index in [1.165, 1.54) is 43.3 Å². The van der Waals surface area contributed by atoms with Crippen molar-refractivity contribution in [3.05, 3.63) is 46.4 Å². The number of esters is 1. The fraction of sp³-hybridized carbons (Fsp3) is 0.350. The van der Waals surface area contributed by atoms with Gasteiger partial charge in [-0.1, -0.05) is 30.1 Å². The van der Waals surface area contributed by atoms with E-state index in [2.05, 4.69) is 0 Å². The van der Waals surface area contributed by atoms with Gasteiger partial charge in [0.25, 0.3) is 0 Å². The van der Waals surface area contributed by atoms with Crippen LogP contribution in [0.15, 0.2) is 46.2 Å². The summed E-state index contributed by atoms with van der Waals surface area (Å²) in [4.78, 5) is 11.0. The molecule has 1 unspecified atom stereocenters. The van der Waals surface area contributed by atoms with Crippen LogP contribution < -0.4 is 9.47 Å². The van der Waals surface area contributed by atoms with Gasteiger partial charge in [-0.05, 0) is 42.8 Å². The van der Waals surface area contributed by atoms with E-state index >= 15 is 0 Å². The Bertz CT molecular complexity index is 954. The number of halogens is 3. The van der Waals surface area contributed by atoms with Gasteiger partial charge in [0.05, 0.1) is 32.3 Å². The highest BCUT2D eigenvalue weighted by molar-refractivity contribution is 7.91. The Morgan fingerprint density at radius 1 is 1.03 bits per heavy atom. The molecule has 0 radical (unpaired) electrons. The van der Waals surface area contributed by atoms with Gasteiger partial charge in [-0.25, -0.2) is 8.42 Å². The molecule has 0 heterocycles. The monoisotopic (exact) mass is 494 g/mol. The molecule has 2 aromatic carbocycles. The Morgan fingerprint density at radius 3 is 2.13 bits per heavy atom. The fourth-order valence-corrected chi connectivity index (χ4v) is 4.61. The quantitative estimate of drug-likeness (QED) is 0.334. The first-order chi connectivity index (χ1) is 14.2. The zero-order chi connectivity index (χ0) is 22.3. The summed E-state index contributed by atoms with van der Waals surface area (Å²) in [7, 11) is -3.86. The SMILES string of the molecule is CCCOc1c(Cl)cc(S(=O)(=O)c2ccc(OCC(CCl)OC(C)=O)cc2)cc1Cl. The summed E-state index contributed by atoms with van der Waals surface area (Å²) in [6.07, 6.45) is 0.151. The summed E-state index contributed by atoms with van der Waals surface area (Å²) >= 11 is 18.1. The molecule has 0 saturated carbocycles. The number of carbonyl (C=O) groups is 1. The van der Waals surface area contributed by atoms with Crippen LogP contribution in [-0.2, 0) is 19.4 Å². The zero-order valence-electron chi connectivity index (χ0n) is 16.4. The second kappa shape index (κ2) is 11.1. The second-order valence-electron chi connectivity index (χ2n) is 6.24. The highest BCUT2D eigenvalue weighted by Gasteiger charge is 2.22. The molecule has 0 spiro atoms. The molecule has 0 amide bonds. The van der Waals surface area contributed by atoms with Crippen LogP contribution >= 0.6 is 34.8 Å². The normalized spacial score (nSPS) is 12.3. The molecule has 6 nitrogen and oxygen atoms in total. The van der Waals surface area contributed by atoms with E-state index in [0.717, 1.165) is 6.42 Å². The minimum Gasteiger partial charge on any atom is -0.490 e. The lowest BCUT2D eigenvalue weighted by molar-refractivity contribution is -0.146. The fourth-order valence-electron chi connectivity index (χ4n) is 2.42. The van der Waals surface area contributed by atoms with Crippen LogP contribution in [0.3, 0.4) is 0 Å². The number of hydrogen-bond donors (Lipinski definition) is 0. The highest BCUT2D eigenvalue weighted by Crippen LogP contribution is 2.37. The first-order valence-electron chi connectivity index (χ1n) is 9.02. The van der Waals surface area contributed by atoms with Crippen molar-refractivity contribution in [2.45, 2.75) is 36.2 Å². The van der Waals surface area contributed by atoms with E-state index < -0.39 is 21.9 Å². The maximum atomic E-state index is 12.9. The molecule has 2 rings (SSSR count). The lowest BCUT2D eigenvalue weighted by atomic mass is 10.3. The van der Waals surface area contributed by atoms with Crippen LogP contribution in [-0.4, -0.2) is 39.6 Å². The predicted molar refractivity (Wildman–Crippen MR) is 116 cm³/mol. The molecule has 0 aliphatic carbocycles. The molecule has 164 valence electrons. The van der Waals surface area contributed by atoms with Gasteiger partial charge in [0, 0.05) is 6.92 Å². The third kappa shape index (κ3) is 6.41. The lowest BCUT2D eigenvalue weighted by Gasteiger charge is -2.15. The van der Waals surface area contributed by atoms with Crippen LogP contribution in [0.25, 0.3) is 0 Å². The van der Waals surface area contributed by atoms with Gasteiger partial charge < -0.3 is 14.2 Å². The summed E-state index contributed by atoms with van der Waals surface area (Å²) in [5.41, 5.74) is 0. The van der Waals surface area contributed by atoms with Gasteiger partial charge in [0.1, 0.15) is 18.5 Å². The van der Waals surface area contributed by atoms with E-state index in [0.29, 0.717) is 12.4 Å². The largest absolute Gasteiger partial charge is 0.490 e. The predicted octanol–water partition coefficient (Wildman–Crippen LogP) is 5.16. The van der Waals surface area contributed by atoms with Gasteiger partial charge in [-0.15, -0.1) is 11.6 Å². The summed E-state index contributed by atoms with van der Waals surface area (Å²) < 4.78 is 41.8. The first kappa shape index (κ1) is 24.6. The Labute approximate surface area is 190 Å². The van der Waals surface area contributed by atoms with Gasteiger partial charge >= 0.3 is 5.97 Å². The molecule has 0 aliphatic heterocycles. The van der Waals surface area contributed by atoms with Crippen LogP contribution in [0.2, 0.25) is 10.0 Å². The topological polar surface area (TPSA) is 78.9 Å². The summed E-state index contributed by atoms with van der Waals surface area (Å²) in [5, 5.41) is 0.235. The third-order valence-electron chi connectivity index (χ3n) is 3.81. The molecule has 30 heavy (non-hydrogen) atoms. The molecule has 0 bridgehead atoms. The Kier molecular flexibility index (Phi) is 9.09. The summed E-state index contributed by atoms with van der Waals surface area (Å²) in [5.74, 6) is 0.264. The summed E-state index contributed by atoms with van der Waals surface area (Å²) in [6, 6.07) is 8.40. The molecular formula is C20H21Cl3O6S. The van der Waals surface area contributed by atoms with Crippen molar-refractivity contribution in [1.82, 2.24) is 0 Å². The number of carbonyl (C=O) groups excluding carboxylic acids is 1. The molecule has 0 aliphatic rings. The molecule has 2 aromatic rings. The van der Waals surface area contributed by atoms with Gasteiger partial charge in [0.15, 0.2) is 5.75 Å². The van der Waals surface area contributed by atoms with Crippen LogP contribution in [0.4, 0.5) is 0 Å². The number of ether oxygens (including phenoxy) is 3. The molecular weight excluding hydrogens is 475 g/mol. The minimum absolute atomic E-state index is 0.0399. The molecule has 1 atom stereocenters. The van der Waals surface area contributed by atoms with Crippen LogP contribution in [0.5, 0.6) is 11.5 Å². The first-order valence-corrected chi connectivity index (χ1v) is 11.8. The molecule has 10 heteroatoms. The molecule has 0 aromatic heterocycles. The van der Waals surface area contributed by atoms with Crippen LogP contribution in [0, 0.1) is 0 Å². The maximum Gasteiger partial charge on any atom is 0.303 e. The number of sulfone groups is 1.